The normalized spacial score (nSPS) is 17.6. The summed E-state index contributed by atoms with van der Waals surface area (Å²) < 4.78 is 26.8. The van der Waals surface area contributed by atoms with Crippen molar-refractivity contribution in [2.45, 2.75) is 225 Å². The zero-order valence-corrected chi connectivity index (χ0v) is 62.4. The molecule has 14 nitrogen and oxygen atoms in total. The summed E-state index contributed by atoms with van der Waals surface area (Å²) in [6.07, 6.45) is 18.5. The lowest BCUT2D eigenvalue weighted by molar-refractivity contribution is -0.137. The molecule has 2 unspecified atom stereocenters. The number of anilines is 1. The van der Waals surface area contributed by atoms with E-state index in [0.717, 1.165) is 118 Å². The Labute approximate surface area is 580 Å². The van der Waals surface area contributed by atoms with Crippen molar-refractivity contribution in [1.82, 2.24) is 25.3 Å². The van der Waals surface area contributed by atoms with E-state index in [9.17, 15) is 37.5 Å². The van der Waals surface area contributed by atoms with Gasteiger partial charge in [-0.25, -0.2) is 8.78 Å². The molecule has 4 fully saturated rings. The number of piperidine rings is 2. The Kier molecular flexibility index (Phi) is 44.8. The highest BCUT2D eigenvalue weighted by Gasteiger charge is 2.48. The molecule has 96 heavy (non-hydrogen) atoms. The molecule has 0 aromatic heterocycles. The number of carbonyl (C=O) groups is 6. The predicted molar refractivity (Wildman–Crippen MR) is 391 cm³/mol. The number of amides is 3. The van der Waals surface area contributed by atoms with Gasteiger partial charge in [-0.05, 0) is 213 Å². The largest absolute Gasteiger partial charge is 0.396 e. The molecular formula is C80H132F2N6O8. The van der Waals surface area contributed by atoms with Gasteiger partial charge < -0.3 is 30.6 Å². The fourth-order valence-corrected chi connectivity index (χ4v) is 12.1. The minimum atomic E-state index is -1.14. The van der Waals surface area contributed by atoms with Crippen molar-refractivity contribution in [3.05, 3.63) is 101 Å². The van der Waals surface area contributed by atoms with Gasteiger partial charge in [0.05, 0.1) is 29.1 Å². The third-order valence-electron chi connectivity index (χ3n) is 18.4. The Hall–Kier alpha value is -5.10. The Morgan fingerprint density at radius 2 is 1.04 bits per heavy atom. The lowest BCUT2D eigenvalue weighted by Gasteiger charge is -2.40. The monoisotopic (exact) mass is 1340 g/mol. The molecule has 0 bridgehead atoms. The second-order valence-electron chi connectivity index (χ2n) is 29.8. The van der Waals surface area contributed by atoms with E-state index >= 15 is 0 Å². The maximum atomic E-state index is 13.4. The van der Waals surface area contributed by atoms with Crippen LogP contribution < -0.4 is 16.0 Å². The number of imide groups is 1. The minimum Gasteiger partial charge on any atom is -0.396 e. The topological polar surface area (TPSA) is 189 Å². The average Bonchev–Trinajstić information content (AvgIpc) is 1.60. The van der Waals surface area contributed by atoms with Crippen LogP contribution in [0.1, 0.15) is 257 Å². The predicted octanol–water partition coefficient (Wildman–Crippen LogP) is 16.2. The molecule has 4 heterocycles. The van der Waals surface area contributed by atoms with E-state index in [1.165, 1.54) is 108 Å². The second kappa shape index (κ2) is 49.4. The number of benzene rings is 3. The molecule has 3 amide bonds. The molecule has 0 spiro atoms. The third-order valence-corrected chi connectivity index (χ3v) is 18.4. The number of carbonyl (C=O) groups excluding carboxylic acids is 6. The summed E-state index contributed by atoms with van der Waals surface area (Å²) in [6, 6.07) is 18.2. The Morgan fingerprint density at radius 3 is 1.46 bits per heavy atom. The summed E-state index contributed by atoms with van der Waals surface area (Å²) in [5, 5.41) is 24.9. The van der Waals surface area contributed by atoms with Gasteiger partial charge in [-0.15, -0.1) is 0 Å². The van der Waals surface area contributed by atoms with Crippen LogP contribution >= 0.6 is 0 Å². The Balaban J connectivity index is 0.000000426. The maximum absolute atomic E-state index is 13.4. The van der Waals surface area contributed by atoms with Crippen molar-refractivity contribution >= 4 is 40.8 Å². The summed E-state index contributed by atoms with van der Waals surface area (Å²) in [4.78, 5) is 79.6. The van der Waals surface area contributed by atoms with E-state index in [1.807, 2.05) is 38.1 Å². The standard InChI is InChI=1S/C23H30F2N2.C23H28N2O5.C10H21N.C8H17N.C6H14O.C5H12O.C5H10O/c1-18(2)4-3-13-26-14-16-27(17-15-26)23(19-5-9-21(24)10-6-19)20-7-11-22(25)12-8-20;1-13(2)7-4-3-5-10-17(26)24-16-9-6-8-14-19(16)22(29)20(21(14)28)15-11-12-18(27)25-23(15)30;1-10(2)6-5-9-11-7-3-4-8-11;1-7(2)8-3-5-9-6-4-8;1-6(2)4-3-5-7;1-5(2)3-4-6;1-4(2)5(3)6/h5-12,18,23H,3-4,13-17H2,1-2H3;6,8-9,13,15,20H,3-5,7,10-12H2,1-2H3,(H,24,26)(H,25,27,30);10H,3-9H2,1-2H3;7-9H,3-6H2,1-2H3;6-7H,3-5H2,1-2H3;5-6H,3-4H2,1-2H3;4H,1-3H3. The highest BCUT2D eigenvalue weighted by atomic mass is 19.1. The molecule has 3 aromatic carbocycles. The number of halogens is 2. The van der Waals surface area contributed by atoms with Gasteiger partial charge in [0.1, 0.15) is 17.4 Å². The summed E-state index contributed by atoms with van der Waals surface area (Å²) in [5.74, 6) is 1.52. The van der Waals surface area contributed by atoms with Crippen LogP contribution in [0.15, 0.2) is 66.7 Å². The molecule has 0 saturated carbocycles. The third kappa shape index (κ3) is 36.1. The lowest BCUT2D eigenvalue weighted by atomic mass is 9.82. The van der Waals surface area contributed by atoms with Crippen LogP contribution in [0.3, 0.4) is 0 Å². The van der Waals surface area contributed by atoms with Crippen molar-refractivity contribution < 1.29 is 47.8 Å². The molecule has 4 aliphatic heterocycles. The summed E-state index contributed by atoms with van der Waals surface area (Å²) in [7, 11) is 0. The Morgan fingerprint density at radius 1 is 0.562 bits per heavy atom. The van der Waals surface area contributed by atoms with Gasteiger partial charge >= 0.3 is 0 Å². The molecule has 1 aliphatic carbocycles. The summed E-state index contributed by atoms with van der Waals surface area (Å²) >= 11 is 0. The number of fused-ring (bicyclic) bond motifs is 1. The first-order chi connectivity index (χ1) is 45.6. The van der Waals surface area contributed by atoms with Gasteiger partial charge in [-0.1, -0.05) is 153 Å². The number of hydrogen-bond donors (Lipinski definition) is 5. The van der Waals surface area contributed by atoms with Crippen LogP contribution in [0, 0.1) is 70.8 Å². The number of unbranched alkanes of at least 4 members (excludes halogenated alkanes) is 2. The fraction of sp³-hybridized carbons (Fsp3) is 0.700. The molecule has 2 atom stereocenters. The number of piperazine rings is 1. The highest BCUT2D eigenvalue weighted by molar-refractivity contribution is 6.30. The lowest BCUT2D eigenvalue weighted by Crippen LogP contribution is -2.48. The van der Waals surface area contributed by atoms with Crippen molar-refractivity contribution in [3.8, 4) is 0 Å². The van der Waals surface area contributed by atoms with Crippen LogP contribution in [-0.2, 0) is 19.2 Å². The van der Waals surface area contributed by atoms with E-state index in [-0.39, 0.29) is 59.3 Å². The van der Waals surface area contributed by atoms with Gasteiger partial charge in [0.15, 0.2) is 11.6 Å². The number of nitrogens with zero attached hydrogens (tertiary/aromatic N) is 3. The molecule has 5 aliphatic rings. The average molecular weight is 1340 g/mol. The van der Waals surface area contributed by atoms with E-state index in [0.29, 0.717) is 37.2 Å². The number of likely N-dealkylation sites (tertiary alicyclic amines) is 1. The molecule has 4 saturated heterocycles. The molecular weight excluding hydrogens is 1210 g/mol. The number of aliphatic hydroxyl groups is 2. The molecule has 8 rings (SSSR count). The molecule has 0 radical (unpaired) electrons. The number of nitrogens with one attached hydrogen (secondary N) is 3. The number of hydrogen-bond acceptors (Lipinski definition) is 12. The van der Waals surface area contributed by atoms with Gasteiger partial charge in [-0.3, -0.25) is 39.0 Å². The fourth-order valence-electron chi connectivity index (χ4n) is 12.1. The van der Waals surface area contributed by atoms with Crippen molar-refractivity contribution in [3.63, 3.8) is 0 Å². The summed E-state index contributed by atoms with van der Waals surface area (Å²) in [6.45, 7) is 44.4. The van der Waals surface area contributed by atoms with Crippen LogP contribution in [-0.4, -0.2) is 139 Å². The minimum absolute atomic E-state index is 0.0315. The van der Waals surface area contributed by atoms with Gasteiger partial charge in [0, 0.05) is 63.7 Å². The number of ketones is 3. The van der Waals surface area contributed by atoms with Crippen LogP contribution in [0.4, 0.5) is 14.5 Å². The zero-order chi connectivity index (χ0) is 71.7. The first kappa shape index (κ1) is 87.0. The van der Waals surface area contributed by atoms with Crippen molar-refractivity contribution in [2.75, 3.05) is 84.0 Å². The number of Topliss-reactive ketones (excluding diaryl/α,β-unsaturated/α-hetero) is 3. The van der Waals surface area contributed by atoms with E-state index in [1.54, 1.807) is 25.1 Å². The van der Waals surface area contributed by atoms with Crippen LogP contribution in [0.5, 0.6) is 0 Å². The van der Waals surface area contributed by atoms with E-state index < -0.39 is 35.2 Å². The molecule has 16 heteroatoms. The van der Waals surface area contributed by atoms with E-state index in [2.05, 4.69) is 114 Å². The Bertz CT molecular complexity index is 2580. The SMILES string of the molecule is CC(=O)C(C)C.CC(C)C1CCNCC1.CC(C)CCCCCC(=O)Nc1cccc2c1C(=O)C(C1CCC(=O)NC1=O)C2=O.CC(C)CCCN1CCCC1.CC(C)CCCN1CCN(C(c2ccc(F)cc2)c2ccc(F)cc2)CC1.CC(C)CCCO.CC(C)CCO. The van der Waals surface area contributed by atoms with Crippen molar-refractivity contribution in [1.29, 1.82) is 0 Å². The molecule has 5 N–H and O–H groups in total. The van der Waals surface area contributed by atoms with Crippen molar-refractivity contribution in [2.24, 2.45) is 59.2 Å². The van der Waals surface area contributed by atoms with Gasteiger partial charge in [-0.2, -0.15) is 0 Å². The number of aliphatic hydroxyl groups excluding tert-OH is 2. The number of rotatable bonds is 26. The first-order valence-electron chi connectivity index (χ1n) is 37.1. The molecule has 3 aromatic rings. The second-order valence-corrected chi connectivity index (χ2v) is 29.8. The zero-order valence-electron chi connectivity index (χ0n) is 62.4. The first-order valence-corrected chi connectivity index (χ1v) is 37.1. The van der Waals surface area contributed by atoms with Gasteiger partial charge in [0.25, 0.3) is 0 Å². The summed E-state index contributed by atoms with van der Waals surface area (Å²) in [5.41, 5.74) is 2.81. The van der Waals surface area contributed by atoms with Gasteiger partial charge in [0.2, 0.25) is 17.7 Å². The highest BCUT2D eigenvalue weighted by Crippen LogP contribution is 2.39. The quantitative estimate of drug-likeness (QED) is 0.0291. The smallest absolute Gasteiger partial charge is 0.230 e. The van der Waals surface area contributed by atoms with Crippen LogP contribution in [0.2, 0.25) is 0 Å². The molecule has 544 valence electrons. The maximum Gasteiger partial charge on any atom is 0.230 e. The van der Waals surface area contributed by atoms with Crippen LogP contribution in [0.25, 0.3) is 0 Å². The van der Waals surface area contributed by atoms with E-state index in [4.69, 9.17) is 10.2 Å².